The van der Waals surface area contributed by atoms with Crippen molar-refractivity contribution in [3.63, 3.8) is 0 Å². The smallest absolute Gasteiger partial charge is 0.242 e. The SMILES string of the molecule is C=CCc1cccc([C@H]2C3=CC[C@@H]4C(=O)N(c5ccc(-c6nc7ccccc7o6)cc5)C(=O)[C@@H]4[C@@H]3C[C@H]3C(=O)N(c4cc(-c5sc6ccc(Cl)cc6c5C)nn4C)C(=O)[C@@]23C)c1O. The summed E-state index contributed by atoms with van der Waals surface area (Å²) in [5.74, 6) is -4.43. The second-order valence-corrected chi connectivity index (χ2v) is 18.8. The highest BCUT2D eigenvalue weighted by atomic mass is 35.5. The predicted octanol–water partition coefficient (Wildman–Crippen LogP) is 9.94. The largest absolute Gasteiger partial charge is 0.507 e. The minimum absolute atomic E-state index is 0.0161. The normalized spacial score (nSPS) is 24.3. The minimum Gasteiger partial charge on any atom is -0.507 e. The van der Waals surface area contributed by atoms with Crippen molar-refractivity contribution in [2.24, 2.45) is 36.1 Å². The molecule has 0 spiro atoms. The van der Waals surface area contributed by atoms with Gasteiger partial charge in [-0.1, -0.05) is 59.7 Å². The molecule has 0 bridgehead atoms. The summed E-state index contributed by atoms with van der Waals surface area (Å²) in [5.41, 5.74) is 4.64. The van der Waals surface area contributed by atoms with E-state index >= 15 is 9.59 Å². The number of nitrogens with zero attached hydrogens (tertiary/aromatic N) is 5. The second kappa shape index (κ2) is 14.2. The van der Waals surface area contributed by atoms with Crippen LogP contribution in [0.1, 0.15) is 42.4 Å². The van der Waals surface area contributed by atoms with Crippen LogP contribution in [-0.2, 0) is 32.6 Å². The molecule has 2 aliphatic carbocycles. The van der Waals surface area contributed by atoms with E-state index in [1.807, 2.05) is 74.5 Å². The van der Waals surface area contributed by atoms with Crippen molar-refractivity contribution in [2.75, 3.05) is 9.80 Å². The fourth-order valence-corrected chi connectivity index (χ4v) is 12.3. The van der Waals surface area contributed by atoms with E-state index in [2.05, 4.69) is 11.6 Å². The molecule has 0 radical (unpaired) electrons. The minimum atomic E-state index is -1.36. The molecule has 2 saturated heterocycles. The van der Waals surface area contributed by atoms with E-state index in [-0.39, 0.29) is 30.4 Å². The Kier molecular flexibility index (Phi) is 8.84. The number of fused-ring (bicyclic) bond motifs is 6. The van der Waals surface area contributed by atoms with Gasteiger partial charge in [-0.2, -0.15) is 5.10 Å². The third-order valence-corrected chi connectivity index (χ3v) is 15.5. The van der Waals surface area contributed by atoms with Crippen LogP contribution in [0.5, 0.6) is 5.75 Å². The third-order valence-electron chi connectivity index (χ3n) is 14.0. The Labute approximate surface area is 370 Å². The van der Waals surface area contributed by atoms with Crippen molar-refractivity contribution in [1.82, 2.24) is 14.8 Å². The number of imide groups is 2. The number of benzene rings is 4. The molecule has 1 saturated carbocycles. The lowest BCUT2D eigenvalue weighted by Crippen LogP contribution is -2.49. The first-order chi connectivity index (χ1) is 30.4. The van der Waals surface area contributed by atoms with Gasteiger partial charge in [0.05, 0.1) is 33.7 Å². The second-order valence-electron chi connectivity index (χ2n) is 17.3. The van der Waals surface area contributed by atoms with Gasteiger partial charge in [-0.3, -0.25) is 28.8 Å². The fraction of sp³-hybridized carbons (Fsp3) is 0.240. The van der Waals surface area contributed by atoms with Gasteiger partial charge in [0, 0.05) is 39.9 Å². The number of para-hydroxylation sites is 3. The number of aromatic nitrogens is 3. The topological polar surface area (TPSA) is 139 Å². The Morgan fingerprint density at radius 1 is 0.952 bits per heavy atom. The van der Waals surface area contributed by atoms with Gasteiger partial charge in [0.15, 0.2) is 5.58 Å². The number of carbonyl (C=O) groups is 4. The lowest BCUT2D eigenvalue weighted by molar-refractivity contribution is -0.131. The molecule has 3 fully saturated rings. The van der Waals surface area contributed by atoms with Crippen LogP contribution in [0.2, 0.25) is 5.02 Å². The number of carbonyl (C=O) groups excluding carboxylic acids is 4. The summed E-state index contributed by atoms with van der Waals surface area (Å²) in [7, 11) is 1.72. The highest BCUT2D eigenvalue weighted by Crippen LogP contribution is 2.65. The number of thiophene rings is 1. The van der Waals surface area contributed by atoms with Crippen molar-refractivity contribution in [2.45, 2.75) is 39.0 Å². The standard InChI is InChI=1S/C50H40ClN5O6S/c1-5-9-26-10-8-11-32(43(26)57)42-30-19-20-31-41(48(60)55(46(31)58)29-17-14-27(15-18-29)45-52-36-12-6-7-13-38(36)62-45)34(30)23-35-47(59)56(49(61)50(35,42)3)40-24-37(53-54(40)4)44-25(2)33-22-28(51)16-21-39(33)63-44/h5-8,10-19,21-22,24,31,34-35,41-42,57H,1,9,20,23H2,2-4H3/t31-,34+,35-,41-,42+,50+/m0/s1. The van der Waals surface area contributed by atoms with E-state index in [1.165, 1.54) is 9.80 Å². The quantitative estimate of drug-likeness (QED) is 0.123. The van der Waals surface area contributed by atoms with E-state index < -0.39 is 46.8 Å². The van der Waals surface area contributed by atoms with E-state index in [4.69, 9.17) is 21.1 Å². The van der Waals surface area contributed by atoms with Crippen LogP contribution in [0, 0.1) is 36.0 Å². The van der Waals surface area contributed by atoms with E-state index in [0.717, 1.165) is 31.6 Å². The van der Waals surface area contributed by atoms with Crippen molar-refractivity contribution in [3.8, 4) is 27.8 Å². The molecule has 1 N–H and O–H groups in total. The molecule has 3 aromatic heterocycles. The molecule has 4 aromatic carbocycles. The molecule has 13 heteroatoms. The first kappa shape index (κ1) is 39.2. The molecule has 314 valence electrons. The lowest BCUT2D eigenvalue weighted by Gasteiger charge is -2.49. The Balaban J connectivity index is 0.982. The number of hydrogen-bond acceptors (Lipinski definition) is 9. The lowest BCUT2D eigenvalue weighted by atomic mass is 9.51. The van der Waals surface area contributed by atoms with Gasteiger partial charge in [0.25, 0.3) is 0 Å². The molecule has 11 nitrogen and oxygen atoms in total. The average Bonchev–Trinajstić information content (AvgIpc) is 4.06. The zero-order valence-electron chi connectivity index (χ0n) is 34.5. The first-order valence-electron chi connectivity index (χ1n) is 21.0. The summed E-state index contributed by atoms with van der Waals surface area (Å²) in [6.45, 7) is 7.70. The summed E-state index contributed by atoms with van der Waals surface area (Å²) in [4.78, 5) is 67.7. The predicted molar refractivity (Wildman–Crippen MR) is 242 cm³/mol. The third kappa shape index (κ3) is 5.63. The maximum absolute atomic E-state index is 15.3. The Hall–Kier alpha value is -6.63. The summed E-state index contributed by atoms with van der Waals surface area (Å²) in [6.07, 6.45) is 4.50. The highest BCUT2D eigenvalue weighted by molar-refractivity contribution is 7.22. The number of oxazole rings is 1. The van der Waals surface area contributed by atoms with E-state index in [9.17, 15) is 14.7 Å². The number of phenols is 1. The van der Waals surface area contributed by atoms with Gasteiger partial charge in [0.1, 0.15) is 22.8 Å². The summed E-state index contributed by atoms with van der Waals surface area (Å²) in [5, 5.41) is 18.4. The van der Waals surface area contributed by atoms with E-state index in [1.54, 1.807) is 65.5 Å². The van der Waals surface area contributed by atoms with E-state index in [0.29, 0.717) is 56.8 Å². The number of rotatable bonds is 7. The summed E-state index contributed by atoms with van der Waals surface area (Å²) in [6, 6.07) is 27.5. The van der Waals surface area contributed by atoms with Crippen LogP contribution < -0.4 is 9.80 Å². The molecule has 5 heterocycles. The summed E-state index contributed by atoms with van der Waals surface area (Å²) >= 11 is 7.92. The molecule has 4 aliphatic rings. The molecular formula is C50H40ClN5O6S. The molecule has 63 heavy (non-hydrogen) atoms. The van der Waals surface area contributed by atoms with Crippen LogP contribution in [0.3, 0.4) is 0 Å². The Morgan fingerprint density at radius 3 is 2.52 bits per heavy atom. The molecule has 2 aliphatic heterocycles. The van der Waals surface area contributed by atoms with Crippen LogP contribution in [0.15, 0.2) is 120 Å². The number of phenolic OH excluding ortho intramolecular Hbond substituents is 1. The molecule has 4 amide bonds. The van der Waals surface area contributed by atoms with Gasteiger partial charge in [-0.15, -0.1) is 17.9 Å². The van der Waals surface area contributed by atoms with Gasteiger partial charge in [-0.05, 0) is 110 Å². The summed E-state index contributed by atoms with van der Waals surface area (Å²) < 4.78 is 8.57. The average molecular weight is 874 g/mol. The van der Waals surface area contributed by atoms with Gasteiger partial charge < -0.3 is 9.52 Å². The van der Waals surface area contributed by atoms with Crippen LogP contribution >= 0.6 is 22.9 Å². The molecule has 6 atom stereocenters. The molecule has 7 aromatic rings. The first-order valence-corrected chi connectivity index (χ1v) is 22.1. The number of aryl methyl sites for hydroxylation is 2. The van der Waals surface area contributed by atoms with Gasteiger partial charge in [-0.25, -0.2) is 9.88 Å². The maximum atomic E-state index is 15.3. The van der Waals surface area contributed by atoms with Crippen molar-refractivity contribution in [1.29, 1.82) is 0 Å². The number of amides is 4. The van der Waals surface area contributed by atoms with Gasteiger partial charge in [0.2, 0.25) is 29.5 Å². The molecule has 11 rings (SSSR count). The fourth-order valence-electron chi connectivity index (χ4n) is 11.0. The maximum Gasteiger partial charge on any atom is 0.242 e. The monoisotopic (exact) mass is 873 g/mol. The van der Waals surface area contributed by atoms with Crippen LogP contribution in [0.25, 0.3) is 43.2 Å². The van der Waals surface area contributed by atoms with Crippen molar-refractivity contribution < 1.29 is 28.7 Å². The Morgan fingerprint density at radius 2 is 1.75 bits per heavy atom. The molecular weight excluding hydrogens is 834 g/mol. The molecule has 0 unspecified atom stereocenters. The number of anilines is 2. The van der Waals surface area contributed by atoms with Crippen LogP contribution in [-0.4, -0.2) is 43.5 Å². The number of halogens is 1. The number of hydrogen-bond donors (Lipinski definition) is 1. The Bertz CT molecular complexity index is 3150. The van der Waals surface area contributed by atoms with Crippen molar-refractivity contribution >= 4 is 79.3 Å². The highest BCUT2D eigenvalue weighted by Gasteiger charge is 2.68. The van der Waals surface area contributed by atoms with Gasteiger partial charge >= 0.3 is 0 Å². The number of aromatic hydroxyl groups is 1. The van der Waals surface area contributed by atoms with Crippen LogP contribution in [0.4, 0.5) is 11.5 Å². The zero-order chi connectivity index (χ0) is 43.6. The number of allylic oxidation sites excluding steroid dienone is 3. The van der Waals surface area contributed by atoms with Crippen molar-refractivity contribution in [3.05, 3.63) is 137 Å². The zero-order valence-corrected chi connectivity index (χ0v) is 36.1.